The van der Waals surface area contributed by atoms with E-state index in [2.05, 4.69) is 10.3 Å². The number of nitrogens with zero attached hydrogens (tertiary/aromatic N) is 2. The smallest absolute Gasteiger partial charge is 0.320 e. The molecule has 0 aliphatic rings. The van der Waals surface area contributed by atoms with Crippen LogP contribution in [0.3, 0.4) is 0 Å². The molecule has 9 nitrogen and oxygen atoms in total. The summed E-state index contributed by atoms with van der Waals surface area (Å²) in [5, 5.41) is 19.1. The first-order chi connectivity index (χ1) is 7.11. The van der Waals surface area contributed by atoms with Crippen molar-refractivity contribution in [2.75, 3.05) is 6.54 Å². The zero-order valence-electron chi connectivity index (χ0n) is 7.88. The normalized spacial score (nSPS) is 13.1. The molecule has 0 radical (unpaired) electrons. The number of carboxylic acids is 1. The number of guanidine groups is 1. The third-order valence-electron chi connectivity index (χ3n) is 1.52. The number of hydroxylamine groups is 1. The van der Waals surface area contributed by atoms with Crippen LogP contribution in [0.25, 0.3) is 0 Å². The topological polar surface area (TPSA) is 149 Å². The first kappa shape index (κ1) is 13.3. The molecule has 0 heterocycles. The van der Waals surface area contributed by atoms with Gasteiger partial charge >= 0.3 is 5.97 Å². The molecule has 0 spiro atoms. The van der Waals surface area contributed by atoms with E-state index in [0.29, 0.717) is 6.42 Å². The minimum atomic E-state index is -1.08. The number of aliphatic imine (C=N–C) groups is 1. The van der Waals surface area contributed by atoms with Crippen molar-refractivity contribution in [1.82, 2.24) is 10.9 Å². The van der Waals surface area contributed by atoms with Gasteiger partial charge in [-0.3, -0.25) is 10.0 Å². The lowest BCUT2D eigenvalue weighted by atomic mass is 10.2. The third-order valence-corrected chi connectivity index (χ3v) is 1.52. The number of nitrogens with two attached hydrogens (primary N) is 1. The van der Waals surface area contributed by atoms with Crippen LogP contribution in [0, 0.1) is 4.91 Å². The molecule has 1 atom stereocenters. The van der Waals surface area contributed by atoms with Crippen LogP contribution in [0.15, 0.2) is 10.3 Å². The van der Waals surface area contributed by atoms with E-state index in [1.54, 1.807) is 5.48 Å². The van der Waals surface area contributed by atoms with Gasteiger partial charge in [0.2, 0.25) is 5.96 Å². The van der Waals surface area contributed by atoms with Crippen LogP contribution in [0.1, 0.15) is 12.8 Å². The largest absolute Gasteiger partial charge is 0.480 e. The van der Waals surface area contributed by atoms with Gasteiger partial charge in [0.1, 0.15) is 6.04 Å². The summed E-state index contributed by atoms with van der Waals surface area (Å²) in [6.45, 7) is 0.215. The Morgan fingerprint density at radius 1 is 1.53 bits per heavy atom. The predicted molar refractivity (Wildman–Crippen MR) is 51.0 cm³/mol. The molecule has 0 aromatic heterocycles. The number of rotatable bonds is 6. The Balaban J connectivity index is 3.75. The van der Waals surface area contributed by atoms with Crippen LogP contribution in [-0.2, 0) is 4.79 Å². The molecule has 0 fully saturated rings. The highest BCUT2D eigenvalue weighted by Gasteiger charge is 2.09. The van der Waals surface area contributed by atoms with Gasteiger partial charge in [0, 0.05) is 6.54 Å². The first-order valence-electron chi connectivity index (χ1n) is 4.13. The molecule has 9 heteroatoms. The van der Waals surface area contributed by atoms with Gasteiger partial charge in [-0.05, 0) is 12.8 Å². The summed E-state index contributed by atoms with van der Waals surface area (Å²) < 4.78 is 0. The Bertz CT molecular complexity index is 244. The van der Waals surface area contributed by atoms with Crippen LogP contribution in [-0.4, -0.2) is 34.8 Å². The third kappa shape index (κ3) is 6.35. The summed E-state index contributed by atoms with van der Waals surface area (Å²) >= 11 is 0. The molecule has 15 heavy (non-hydrogen) atoms. The van der Waals surface area contributed by atoms with Gasteiger partial charge in [-0.2, -0.15) is 0 Å². The lowest BCUT2D eigenvalue weighted by Gasteiger charge is -2.04. The number of hydrogen-bond donors (Lipinski definition) is 5. The van der Waals surface area contributed by atoms with Crippen molar-refractivity contribution in [2.45, 2.75) is 18.9 Å². The summed E-state index contributed by atoms with van der Waals surface area (Å²) in [6.07, 6.45) is 0.672. The van der Waals surface area contributed by atoms with Gasteiger partial charge in [0.25, 0.3) is 0 Å². The predicted octanol–water partition coefficient (Wildman–Crippen LogP) is -1.22. The SMILES string of the molecule is N[C@@H](CCCN=C(NO)NN=O)C(=O)O. The van der Waals surface area contributed by atoms with Crippen molar-refractivity contribution < 1.29 is 15.1 Å². The molecule has 0 aliphatic heterocycles. The van der Waals surface area contributed by atoms with E-state index in [0.717, 1.165) is 0 Å². The first-order valence-corrected chi connectivity index (χ1v) is 4.13. The summed E-state index contributed by atoms with van der Waals surface area (Å²) in [7, 11) is 0. The molecule has 0 unspecified atom stereocenters. The van der Waals surface area contributed by atoms with Crippen molar-refractivity contribution >= 4 is 11.9 Å². The maximum absolute atomic E-state index is 10.3. The Morgan fingerprint density at radius 3 is 2.67 bits per heavy atom. The van der Waals surface area contributed by atoms with E-state index >= 15 is 0 Å². The zero-order chi connectivity index (χ0) is 11.7. The number of aliphatic carboxylic acids is 1. The maximum atomic E-state index is 10.3. The Morgan fingerprint density at radius 2 is 2.20 bits per heavy atom. The van der Waals surface area contributed by atoms with Crippen molar-refractivity contribution in [3.05, 3.63) is 4.91 Å². The molecule has 0 amide bonds. The van der Waals surface area contributed by atoms with Gasteiger partial charge in [0.05, 0.1) is 5.29 Å². The molecule has 0 aliphatic carbocycles. The molecule has 86 valence electrons. The number of nitrogens with one attached hydrogen (secondary N) is 2. The highest BCUT2D eigenvalue weighted by Crippen LogP contribution is 1.94. The fourth-order valence-corrected chi connectivity index (χ4v) is 0.764. The van der Waals surface area contributed by atoms with Gasteiger partial charge in [-0.15, -0.1) is 4.91 Å². The standard InChI is InChI=1S/C6H13N5O4/c7-4(5(12)13)2-1-3-8-6(10-14)9-11-15/h4,14H,1-3,7H2,(H,12,13)(H2,8,9,10,15)/t4-/m0/s1. The van der Waals surface area contributed by atoms with Crippen LogP contribution in [0.2, 0.25) is 0 Å². The van der Waals surface area contributed by atoms with Gasteiger partial charge < -0.3 is 10.8 Å². The second-order valence-corrected chi connectivity index (χ2v) is 2.63. The van der Waals surface area contributed by atoms with Crippen LogP contribution < -0.4 is 16.6 Å². The van der Waals surface area contributed by atoms with Gasteiger partial charge in [-0.25, -0.2) is 15.9 Å². The fourth-order valence-electron chi connectivity index (χ4n) is 0.764. The summed E-state index contributed by atoms with van der Waals surface area (Å²) in [5.74, 6) is -1.28. The van der Waals surface area contributed by atoms with Crippen LogP contribution in [0.5, 0.6) is 0 Å². The van der Waals surface area contributed by atoms with Crippen LogP contribution in [0.4, 0.5) is 0 Å². The fraction of sp³-hybridized carbons (Fsp3) is 0.667. The molecule has 0 saturated heterocycles. The lowest BCUT2D eigenvalue weighted by Crippen LogP contribution is -2.32. The second-order valence-electron chi connectivity index (χ2n) is 2.63. The van der Waals surface area contributed by atoms with E-state index in [9.17, 15) is 9.70 Å². The number of hydrogen-bond acceptors (Lipinski definition) is 6. The van der Waals surface area contributed by atoms with Crippen molar-refractivity contribution in [3.63, 3.8) is 0 Å². The van der Waals surface area contributed by atoms with E-state index in [-0.39, 0.29) is 18.9 Å². The Kier molecular flexibility index (Phi) is 6.76. The summed E-state index contributed by atoms with van der Waals surface area (Å²) in [4.78, 5) is 23.7. The lowest BCUT2D eigenvalue weighted by molar-refractivity contribution is -0.138. The van der Waals surface area contributed by atoms with Gasteiger partial charge in [-0.1, -0.05) is 0 Å². The molecular weight excluding hydrogens is 206 g/mol. The molecule has 0 bridgehead atoms. The number of nitroso groups, excluding NO2 is 1. The molecule has 0 aromatic rings. The molecule has 0 rings (SSSR count). The second kappa shape index (κ2) is 7.64. The summed E-state index contributed by atoms with van der Waals surface area (Å²) in [5.41, 5.74) is 8.69. The van der Waals surface area contributed by atoms with Gasteiger partial charge in [0.15, 0.2) is 0 Å². The number of carbonyl (C=O) groups is 1. The van der Waals surface area contributed by atoms with E-state index in [1.807, 2.05) is 5.43 Å². The average Bonchev–Trinajstić information content (AvgIpc) is 2.22. The van der Waals surface area contributed by atoms with Crippen molar-refractivity contribution in [3.8, 4) is 0 Å². The molecule has 6 N–H and O–H groups in total. The summed E-state index contributed by atoms with van der Waals surface area (Å²) in [6, 6.07) is -0.928. The Labute approximate surface area is 85.3 Å². The minimum absolute atomic E-state index is 0.200. The monoisotopic (exact) mass is 219 g/mol. The minimum Gasteiger partial charge on any atom is -0.480 e. The molecular formula is C6H13N5O4. The highest BCUT2D eigenvalue weighted by atomic mass is 16.5. The van der Waals surface area contributed by atoms with E-state index in [1.165, 1.54) is 0 Å². The zero-order valence-corrected chi connectivity index (χ0v) is 7.88. The van der Waals surface area contributed by atoms with E-state index < -0.39 is 12.0 Å². The maximum Gasteiger partial charge on any atom is 0.320 e. The van der Waals surface area contributed by atoms with Crippen molar-refractivity contribution in [1.29, 1.82) is 0 Å². The molecule has 0 saturated carbocycles. The van der Waals surface area contributed by atoms with Crippen molar-refractivity contribution in [2.24, 2.45) is 16.0 Å². The van der Waals surface area contributed by atoms with Crippen LogP contribution >= 0.6 is 0 Å². The molecule has 0 aromatic carbocycles. The van der Waals surface area contributed by atoms with E-state index in [4.69, 9.17) is 16.0 Å². The highest BCUT2D eigenvalue weighted by molar-refractivity contribution is 5.78. The number of carboxylic acid groups (broad SMARTS) is 1. The quantitative estimate of drug-likeness (QED) is 0.123. The average molecular weight is 219 g/mol. The Hall–Kier alpha value is -1.74.